The lowest BCUT2D eigenvalue weighted by atomic mass is 10.4. The first-order chi connectivity index (χ1) is 6.45. The van der Waals surface area contributed by atoms with Crippen molar-refractivity contribution in [3.63, 3.8) is 0 Å². The summed E-state index contributed by atoms with van der Waals surface area (Å²) in [7, 11) is 0. The summed E-state index contributed by atoms with van der Waals surface area (Å²) in [6.07, 6.45) is 4.95. The molecule has 0 aliphatic heterocycles. The summed E-state index contributed by atoms with van der Waals surface area (Å²) in [6.45, 7) is 0. The lowest BCUT2D eigenvalue weighted by molar-refractivity contribution is 1.10. The molecular weight excluding hydrogens is 166 g/mol. The molecule has 3 aromatic rings. The molecule has 0 amide bonds. The Labute approximate surface area is 73.1 Å². The maximum Gasteiger partial charge on any atom is 0.165 e. The first-order valence-electron chi connectivity index (χ1n) is 3.84. The van der Waals surface area contributed by atoms with Crippen molar-refractivity contribution in [2.75, 3.05) is 0 Å². The molecule has 0 saturated heterocycles. The number of fused-ring (bicyclic) bond motifs is 3. The van der Waals surface area contributed by atoms with Crippen molar-refractivity contribution in [2.24, 2.45) is 0 Å². The van der Waals surface area contributed by atoms with E-state index in [4.69, 9.17) is 0 Å². The molecule has 13 heavy (non-hydrogen) atoms. The van der Waals surface area contributed by atoms with Gasteiger partial charge in [0.1, 0.15) is 11.8 Å². The highest BCUT2D eigenvalue weighted by atomic mass is 15.2. The van der Waals surface area contributed by atoms with Crippen LogP contribution < -0.4 is 0 Å². The summed E-state index contributed by atoms with van der Waals surface area (Å²) in [6, 6.07) is 3.75. The van der Waals surface area contributed by atoms with Crippen LogP contribution in [-0.2, 0) is 0 Å². The fraction of sp³-hybridized carbons (Fsp3) is 0. The molecular formula is C8H5N5. The van der Waals surface area contributed by atoms with E-state index >= 15 is 0 Å². The van der Waals surface area contributed by atoms with E-state index in [1.165, 1.54) is 0 Å². The molecule has 0 N–H and O–H groups in total. The van der Waals surface area contributed by atoms with Gasteiger partial charge in [-0.1, -0.05) is 0 Å². The van der Waals surface area contributed by atoms with Gasteiger partial charge in [0.25, 0.3) is 0 Å². The van der Waals surface area contributed by atoms with Gasteiger partial charge in [0.05, 0.1) is 0 Å². The van der Waals surface area contributed by atoms with Crippen molar-refractivity contribution < 1.29 is 0 Å². The molecule has 3 rings (SSSR count). The standard InChI is InChI=1S/C8H5N5/c1-2-7-12-11-5-13(7)8-6(1)9-3-4-10-8/h1-5H. The molecule has 0 aliphatic carbocycles. The Hall–Kier alpha value is -2.04. The number of hydrogen-bond donors (Lipinski definition) is 0. The van der Waals surface area contributed by atoms with Gasteiger partial charge in [0, 0.05) is 12.4 Å². The molecule has 0 aromatic carbocycles. The van der Waals surface area contributed by atoms with Gasteiger partial charge in [-0.25, -0.2) is 4.98 Å². The maximum atomic E-state index is 4.20. The predicted molar refractivity (Wildman–Crippen MR) is 46.1 cm³/mol. The highest BCUT2D eigenvalue weighted by Gasteiger charge is 2.01. The van der Waals surface area contributed by atoms with Gasteiger partial charge in [-0.2, -0.15) is 0 Å². The van der Waals surface area contributed by atoms with Gasteiger partial charge >= 0.3 is 0 Å². The quantitative estimate of drug-likeness (QED) is 0.499. The second kappa shape index (κ2) is 2.22. The van der Waals surface area contributed by atoms with Gasteiger partial charge < -0.3 is 0 Å². The van der Waals surface area contributed by atoms with Gasteiger partial charge in [0.2, 0.25) is 0 Å². The summed E-state index contributed by atoms with van der Waals surface area (Å²) in [5.41, 5.74) is 2.41. The Morgan fingerprint density at radius 2 is 2.00 bits per heavy atom. The van der Waals surface area contributed by atoms with E-state index in [0.29, 0.717) is 0 Å². The molecule has 0 bridgehead atoms. The Bertz CT molecular complexity index is 571. The molecule has 0 saturated carbocycles. The lowest BCUT2D eigenvalue weighted by Gasteiger charge is -1.96. The van der Waals surface area contributed by atoms with E-state index in [1.54, 1.807) is 18.7 Å². The number of aromatic nitrogens is 5. The molecule has 0 atom stereocenters. The van der Waals surface area contributed by atoms with Crippen LogP contribution in [0.4, 0.5) is 0 Å². The topological polar surface area (TPSA) is 56.0 Å². The Morgan fingerprint density at radius 3 is 3.00 bits per heavy atom. The van der Waals surface area contributed by atoms with E-state index in [-0.39, 0.29) is 0 Å². The van der Waals surface area contributed by atoms with Crippen LogP contribution in [0, 0.1) is 0 Å². The zero-order valence-corrected chi connectivity index (χ0v) is 6.62. The molecule has 62 valence electrons. The van der Waals surface area contributed by atoms with Gasteiger partial charge in [-0.15, -0.1) is 10.2 Å². The molecule has 0 aliphatic rings. The van der Waals surface area contributed by atoms with E-state index < -0.39 is 0 Å². The van der Waals surface area contributed by atoms with Gasteiger partial charge in [0.15, 0.2) is 11.3 Å². The molecule has 0 radical (unpaired) electrons. The SMILES string of the molecule is c1cnc2c(ccc3nncn32)n1. The number of pyridine rings is 1. The Morgan fingerprint density at radius 1 is 1.08 bits per heavy atom. The molecule has 0 spiro atoms. The van der Waals surface area contributed by atoms with Crippen molar-refractivity contribution in [2.45, 2.75) is 0 Å². The fourth-order valence-electron chi connectivity index (χ4n) is 1.32. The second-order valence-electron chi connectivity index (χ2n) is 2.66. The molecule has 0 unspecified atom stereocenters. The van der Waals surface area contributed by atoms with Crippen LogP contribution in [0.1, 0.15) is 0 Å². The third-order valence-corrected chi connectivity index (χ3v) is 1.90. The fourth-order valence-corrected chi connectivity index (χ4v) is 1.32. The second-order valence-corrected chi connectivity index (χ2v) is 2.66. The van der Waals surface area contributed by atoms with Crippen molar-refractivity contribution in [1.29, 1.82) is 0 Å². The largest absolute Gasteiger partial charge is 0.264 e. The minimum absolute atomic E-state index is 0.782. The molecule has 0 fully saturated rings. The lowest BCUT2D eigenvalue weighted by Crippen LogP contribution is -1.91. The zero-order valence-electron chi connectivity index (χ0n) is 6.62. The molecule has 5 heteroatoms. The smallest absolute Gasteiger partial charge is 0.165 e. The van der Waals surface area contributed by atoms with Crippen molar-refractivity contribution in [3.8, 4) is 0 Å². The highest BCUT2D eigenvalue weighted by Crippen LogP contribution is 2.09. The van der Waals surface area contributed by atoms with Crippen LogP contribution >= 0.6 is 0 Å². The first kappa shape index (κ1) is 6.47. The summed E-state index contributed by atoms with van der Waals surface area (Å²) in [4.78, 5) is 8.37. The van der Waals surface area contributed by atoms with Crippen molar-refractivity contribution in [3.05, 3.63) is 30.9 Å². The molecule has 3 heterocycles. The summed E-state index contributed by atoms with van der Waals surface area (Å²) < 4.78 is 1.81. The van der Waals surface area contributed by atoms with Gasteiger partial charge in [-0.05, 0) is 12.1 Å². The number of rotatable bonds is 0. The van der Waals surface area contributed by atoms with Crippen LogP contribution in [0.15, 0.2) is 30.9 Å². The van der Waals surface area contributed by atoms with Gasteiger partial charge in [-0.3, -0.25) is 9.38 Å². The Kier molecular flexibility index (Phi) is 1.11. The summed E-state index contributed by atoms with van der Waals surface area (Å²) >= 11 is 0. The van der Waals surface area contributed by atoms with E-state index in [0.717, 1.165) is 16.8 Å². The number of hydrogen-bond acceptors (Lipinski definition) is 4. The third kappa shape index (κ3) is 0.807. The normalized spacial score (nSPS) is 11.1. The minimum Gasteiger partial charge on any atom is -0.264 e. The van der Waals surface area contributed by atoms with E-state index in [2.05, 4.69) is 20.2 Å². The van der Waals surface area contributed by atoms with Crippen molar-refractivity contribution in [1.82, 2.24) is 24.6 Å². The van der Waals surface area contributed by atoms with Crippen LogP contribution in [0.25, 0.3) is 16.8 Å². The molecule has 3 aromatic heterocycles. The van der Waals surface area contributed by atoms with Crippen LogP contribution in [0.2, 0.25) is 0 Å². The van der Waals surface area contributed by atoms with Crippen LogP contribution in [0.5, 0.6) is 0 Å². The maximum absolute atomic E-state index is 4.20. The van der Waals surface area contributed by atoms with E-state index in [1.807, 2.05) is 16.5 Å². The monoisotopic (exact) mass is 171 g/mol. The summed E-state index contributed by atoms with van der Waals surface area (Å²) in [5.74, 6) is 0. The zero-order chi connectivity index (χ0) is 8.67. The predicted octanol–water partition coefficient (Wildman–Crippen LogP) is 0.672. The first-order valence-corrected chi connectivity index (χ1v) is 3.84. The highest BCUT2D eigenvalue weighted by molar-refractivity contribution is 5.73. The Balaban J connectivity index is 2.65. The number of nitrogens with zero attached hydrogens (tertiary/aromatic N) is 5. The van der Waals surface area contributed by atoms with Crippen LogP contribution in [-0.4, -0.2) is 24.6 Å². The third-order valence-electron chi connectivity index (χ3n) is 1.90. The average Bonchev–Trinajstić information content (AvgIpc) is 2.65. The summed E-state index contributed by atoms with van der Waals surface area (Å²) in [5, 5.41) is 7.71. The average molecular weight is 171 g/mol. The van der Waals surface area contributed by atoms with Crippen molar-refractivity contribution >= 4 is 16.8 Å². The molecule has 5 nitrogen and oxygen atoms in total. The minimum atomic E-state index is 0.782. The van der Waals surface area contributed by atoms with Crippen LogP contribution in [0.3, 0.4) is 0 Å². The van der Waals surface area contributed by atoms with E-state index in [9.17, 15) is 0 Å².